The molecule has 0 bridgehead atoms. The molecule has 0 radical (unpaired) electrons. The van der Waals surface area contributed by atoms with Crippen molar-refractivity contribution in [2.24, 2.45) is 0 Å². The lowest BCUT2D eigenvalue weighted by molar-refractivity contribution is 1.47. The smallest absolute Gasteiger partial charge is 0.0656 e. The highest BCUT2D eigenvalue weighted by atomic mass is 28.3. The third kappa shape index (κ3) is 4.95. The van der Waals surface area contributed by atoms with Gasteiger partial charge in [0.1, 0.15) is 8.07 Å². The molecule has 0 aliphatic heterocycles. The van der Waals surface area contributed by atoms with Gasteiger partial charge in [-0.05, 0) is 39.2 Å². The quantitative estimate of drug-likeness (QED) is 0.226. The summed E-state index contributed by atoms with van der Waals surface area (Å²) in [5.74, 6) is 0. The van der Waals surface area contributed by atoms with Crippen molar-refractivity contribution in [2.75, 3.05) is 0 Å². The van der Waals surface area contributed by atoms with E-state index < -0.39 is 24.2 Å². The molecule has 0 saturated heterocycles. The number of rotatable bonds is 6. The topological polar surface area (TPSA) is 0 Å². The van der Waals surface area contributed by atoms with Crippen LogP contribution < -0.4 is 25.9 Å². The number of hydrogen-bond donors (Lipinski definition) is 0. The van der Waals surface area contributed by atoms with E-state index in [1.54, 1.807) is 15.6 Å². The Bertz CT molecular complexity index is 1270. The minimum Gasteiger partial charge on any atom is -0.0656 e. The summed E-state index contributed by atoms with van der Waals surface area (Å²) in [5, 5.41) is 7.76. The molecule has 4 aromatic carbocycles. The van der Waals surface area contributed by atoms with Crippen LogP contribution in [0, 0.1) is 6.92 Å². The first kappa shape index (κ1) is 25.6. The molecule has 0 spiro atoms. The van der Waals surface area contributed by atoms with E-state index in [4.69, 9.17) is 0 Å². The lowest BCUT2D eigenvalue weighted by Gasteiger charge is -2.36. The first-order valence-electron chi connectivity index (χ1n) is 12.8. The molecule has 0 aliphatic carbocycles. The molecular formula is C32H40Si3. The van der Waals surface area contributed by atoms with Crippen LogP contribution in [0.5, 0.6) is 0 Å². The Balaban J connectivity index is 2.25. The minimum atomic E-state index is -2.30. The van der Waals surface area contributed by atoms with Gasteiger partial charge < -0.3 is 0 Å². The van der Waals surface area contributed by atoms with Gasteiger partial charge in [0, 0.05) is 0 Å². The zero-order valence-corrected chi connectivity index (χ0v) is 25.7. The van der Waals surface area contributed by atoms with E-state index in [-0.39, 0.29) is 0 Å². The zero-order valence-electron chi connectivity index (χ0n) is 22.7. The van der Waals surface area contributed by atoms with Crippen molar-refractivity contribution in [1.29, 1.82) is 0 Å². The fourth-order valence-corrected chi connectivity index (χ4v) is 12.3. The third-order valence-electron chi connectivity index (χ3n) is 7.47. The molecule has 4 aromatic rings. The van der Waals surface area contributed by atoms with Crippen molar-refractivity contribution in [3.05, 3.63) is 103 Å². The molecule has 0 saturated carbocycles. The molecule has 180 valence electrons. The van der Waals surface area contributed by atoms with Gasteiger partial charge in [-0.1, -0.05) is 153 Å². The molecule has 0 atom stereocenters. The SMILES string of the molecule is Cc1ccccc1-c1c([Si](C)(C)C)cc([Si](C)(C)C)cc1[Si](C)(c1ccccc1)c1ccccc1. The van der Waals surface area contributed by atoms with Crippen molar-refractivity contribution in [2.45, 2.75) is 52.8 Å². The molecule has 0 N–H and O–H groups in total. The van der Waals surface area contributed by atoms with Crippen molar-refractivity contribution in [3.8, 4) is 11.1 Å². The summed E-state index contributed by atoms with van der Waals surface area (Å²) in [5.41, 5.74) is 4.30. The Labute approximate surface area is 216 Å². The predicted octanol–water partition coefficient (Wildman–Crippen LogP) is 5.85. The third-order valence-corrected chi connectivity index (χ3v) is 15.9. The van der Waals surface area contributed by atoms with Gasteiger partial charge in [0.05, 0.1) is 16.1 Å². The summed E-state index contributed by atoms with van der Waals surface area (Å²) in [6, 6.07) is 37.0. The number of benzene rings is 4. The van der Waals surface area contributed by atoms with Gasteiger partial charge in [-0.25, -0.2) is 0 Å². The maximum atomic E-state index is 2.64. The Morgan fingerprint density at radius 2 is 0.914 bits per heavy atom. The Morgan fingerprint density at radius 3 is 1.37 bits per heavy atom. The molecule has 0 amide bonds. The minimum absolute atomic E-state index is 1.37. The normalized spacial score (nSPS) is 12.6. The maximum Gasteiger partial charge on any atom is 0.146 e. The van der Waals surface area contributed by atoms with Crippen LogP contribution in [-0.4, -0.2) is 24.2 Å². The van der Waals surface area contributed by atoms with Crippen LogP contribution in [0.15, 0.2) is 97.1 Å². The van der Waals surface area contributed by atoms with E-state index in [1.165, 1.54) is 27.1 Å². The van der Waals surface area contributed by atoms with Gasteiger partial charge in [0.15, 0.2) is 0 Å². The number of hydrogen-bond acceptors (Lipinski definition) is 0. The van der Waals surface area contributed by atoms with Crippen LogP contribution in [0.3, 0.4) is 0 Å². The second kappa shape index (κ2) is 9.53. The van der Waals surface area contributed by atoms with Crippen molar-refractivity contribution >= 4 is 50.2 Å². The average molecular weight is 509 g/mol. The average Bonchev–Trinajstić information content (AvgIpc) is 2.83. The van der Waals surface area contributed by atoms with Crippen LogP contribution in [0.25, 0.3) is 11.1 Å². The molecule has 4 rings (SSSR count). The first-order valence-corrected chi connectivity index (χ1v) is 22.3. The van der Waals surface area contributed by atoms with Crippen molar-refractivity contribution in [1.82, 2.24) is 0 Å². The molecule has 0 unspecified atom stereocenters. The highest BCUT2D eigenvalue weighted by Crippen LogP contribution is 2.26. The van der Waals surface area contributed by atoms with Crippen molar-refractivity contribution < 1.29 is 0 Å². The van der Waals surface area contributed by atoms with Gasteiger partial charge in [0.25, 0.3) is 0 Å². The molecule has 0 heterocycles. The van der Waals surface area contributed by atoms with E-state index in [0.717, 1.165) is 0 Å². The van der Waals surface area contributed by atoms with E-state index in [0.29, 0.717) is 0 Å². The molecule has 35 heavy (non-hydrogen) atoms. The molecular weight excluding hydrogens is 469 g/mol. The molecule has 0 nitrogen and oxygen atoms in total. The van der Waals surface area contributed by atoms with E-state index in [9.17, 15) is 0 Å². The maximum absolute atomic E-state index is 2.64. The second-order valence-electron chi connectivity index (χ2n) is 12.1. The van der Waals surface area contributed by atoms with E-state index >= 15 is 0 Å². The Morgan fingerprint density at radius 1 is 0.457 bits per heavy atom. The van der Waals surface area contributed by atoms with Gasteiger partial charge in [-0.15, -0.1) is 0 Å². The second-order valence-corrected chi connectivity index (χ2v) is 26.2. The van der Waals surface area contributed by atoms with Crippen LogP contribution in [0.4, 0.5) is 0 Å². The predicted molar refractivity (Wildman–Crippen MR) is 166 cm³/mol. The summed E-state index contributed by atoms with van der Waals surface area (Å²) >= 11 is 0. The highest BCUT2D eigenvalue weighted by molar-refractivity contribution is 7.12. The van der Waals surface area contributed by atoms with Crippen LogP contribution in [0.2, 0.25) is 45.8 Å². The van der Waals surface area contributed by atoms with Gasteiger partial charge in [-0.2, -0.15) is 0 Å². The summed E-state index contributed by atoms with van der Waals surface area (Å²) in [6.45, 7) is 19.9. The zero-order chi connectivity index (χ0) is 25.4. The standard InChI is InChI=1S/C32H40Si3/c1-25-17-15-16-22-29(25)32-30(34(5,6)7)23-28(33(2,3)4)24-31(32)35(8,26-18-11-9-12-19-26)27-20-13-10-14-21-27/h9-24H,1-8H3. The monoisotopic (exact) mass is 508 g/mol. The highest BCUT2D eigenvalue weighted by Gasteiger charge is 2.39. The van der Waals surface area contributed by atoms with Gasteiger partial charge >= 0.3 is 0 Å². The summed E-state index contributed by atoms with van der Waals surface area (Å²) in [7, 11) is -5.51. The molecule has 0 fully saturated rings. The fourth-order valence-electron chi connectivity index (χ4n) is 5.23. The van der Waals surface area contributed by atoms with Crippen LogP contribution in [0.1, 0.15) is 5.56 Å². The summed E-state index contributed by atoms with van der Waals surface area (Å²) in [4.78, 5) is 0. The summed E-state index contributed by atoms with van der Waals surface area (Å²) in [6.07, 6.45) is 0. The largest absolute Gasteiger partial charge is 0.146 e. The van der Waals surface area contributed by atoms with Crippen LogP contribution in [-0.2, 0) is 0 Å². The first-order chi connectivity index (χ1) is 16.4. The summed E-state index contributed by atoms with van der Waals surface area (Å²) < 4.78 is 0. The molecule has 0 aromatic heterocycles. The molecule has 3 heteroatoms. The van der Waals surface area contributed by atoms with Crippen LogP contribution >= 0.6 is 0 Å². The number of aryl methyl sites for hydroxylation is 1. The van der Waals surface area contributed by atoms with Gasteiger partial charge in [0.2, 0.25) is 0 Å². The Kier molecular flexibility index (Phi) is 6.98. The Hall–Kier alpha value is -2.47. The van der Waals surface area contributed by atoms with E-state index in [2.05, 4.69) is 150 Å². The molecule has 0 aliphatic rings. The fraction of sp³-hybridized carbons (Fsp3) is 0.250. The lowest BCUT2D eigenvalue weighted by Crippen LogP contribution is -2.67. The lowest BCUT2D eigenvalue weighted by atomic mass is 10.0. The van der Waals surface area contributed by atoms with Gasteiger partial charge in [-0.3, -0.25) is 0 Å². The van der Waals surface area contributed by atoms with E-state index in [1.807, 2.05) is 0 Å². The van der Waals surface area contributed by atoms with Crippen molar-refractivity contribution in [3.63, 3.8) is 0 Å².